The highest BCUT2D eigenvalue weighted by atomic mass is 32.1. The van der Waals surface area contributed by atoms with E-state index in [9.17, 15) is 0 Å². The lowest BCUT2D eigenvalue weighted by Gasteiger charge is -2.34. The molecule has 1 aliphatic carbocycles. The minimum Gasteiger partial charge on any atom is -0.312 e. The van der Waals surface area contributed by atoms with E-state index >= 15 is 0 Å². The number of thiophene rings is 1. The van der Waals surface area contributed by atoms with Gasteiger partial charge in [0.2, 0.25) is 0 Å². The van der Waals surface area contributed by atoms with Gasteiger partial charge in [-0.3, -0.25) is 4.90 Å². The van der Waals surface area contributed by atoms with Crippen LogP contribution in [0.2, 0.25) is 0 Å². The first kappa shape index (κ1) is 16.1. The molecule has 1 N–H and O–H groups in total. The van der Waals surface area contributed by atoms with Crippen LogP contribution in [0.3, 0.4) is 0 Å². The summed E-state index contributed by atoms with van der Waals surface area (Å²) in [5, 5.41) is 6.15. The molecule has 3 heterocycles. The van der Waals surface area contributed by atoms with Gasteiger partial charge in [-0.15, -0.1) is 11.3 Å². The van der Waals surface area contributed by atoms with Gasteiger partial charge in [0.15, 0.2) is 0 Å². The predicted octanol–water partition coefficient (Wildman–Crippen LogP) is 3.35. The van der Waals surface area contributed by atoms with E-state index in [0.29, 0.717) is 6.04 Å². The summed E-state index contributed by atoms with van der Waals surface area (Å²) in [5.41, 5.74) is 0. The van der Waals surface area contributed by atoms with E-state index in [-0.39, 0.29) is 0 Å². The molecule has 128 valence electrons. The van der Waals surface area contributed by atoms with Gasteiger partial charge in [0.05, 0.1) is 6.04 Å². The molecule has 0 amide bonds. The lowest BCUT2D eigenvalue weighted by atomic mass is 10.0. The lowest BCUT2D eigenvalue weighted by Crippen LogP contribution is -2.45. The third-order valence-corrected chi connectivity index (χ3v) is 6.83. The van der Waals surface area contributed by atoms with Crippen LogP contribution >= 0.6 is 11.3 Å². The predicted molar refractivity (Wildman–Crippen MR) is 98.1 cm³/mol. The Kier molecular flexibility index (Phi) is 5.34. The summed E-state index contributed by atoms with van der Waals surface area (Å²) < 4.78 is 0. The molecule has 0 bridgehead atoms. The Balaban J connectivity index is 1.26. The first-order valence-electron chi connectivity index (χ1n) is 9.61. The monoisotopic (exact) mass is 333 g/mol. The largest absolute Gasteiger partial charge is 0.312 e. The van der Waals surface area contributed by atoms with Crippen LogP contribution in [0.4, 0.5) is 0 Å². The maximum Gasteiger partial charge on any atom is 0.0566 e. The smallest absolute Gasteiger partial charge is 0.0566 e. The lowest BCUT2D eigenvalue weighted by molar-refractivity contribution is 0.178. The van der Waals surface area contributed by atoms with E-state index in [1.54, 1.807) is 4.88 Å². The average Bonchev–Trinajstić information content (AvgIpc) is 3.06. The molecule has 3 fully saturated rings. The van der Waals surface area contributed by atoms with Crippen LogP contribution in [0.5, 0.6) is 0 Å². The zero-order valence-electron chi connectivity index (χ0n) is 14.3. The molecule has 1 atom stereocenters. The standard InChI is InChI=1S/C19H31N3S/c1-2-10-22(9-1)18(19-4-3-13-23-19)14-20-17-7-11-21(12-8-17)15-16-5-6-16/h3-4,13,16-18,20H,1-2,5-12,14-15H2/t18-/m0/s1. The van der Waals surface area contributed by atoms with Crippen LogP contribution in [0.1, 0.15) is 49.4 Å². The van der Waals surface area contributed by atoms with Gasteiger partial charge in [0.1, 0.15) is 0 Å². The van der Waals surface area contributed by atoms with Gasteiger partial charge in [0.25, 0.3) is 0 Å². The highest BCUT2D eigenvalue weighted by molar-refractivity contribution is 7.10. The number of rotatable bonds is 7. The molecule has 0 spiro atoms. The van der Waals surface area contributed by atoms with E-state index in [4.69, 9.17) is 0 Å². The van der Waals surface area contributed by atoms with Crippen LogP contribution < -0.4 is 5.32 Å². The van der Waals surface area contributed by atoms with Crippen LogP contribution in [-0.4, -0.2) is 55.1 Å². The topological polar surface area (TPSA) is 18.5 Å². The Bertz CT molecular complexity index is 457. The van der Waals surface area contributed by atoms with Crippen molar-refractivity contribution >= 4 is 11.3 Å². The molecule has 3 nitrogen and oxygen atoms in total. The van der Waals surface area contributed by atoms with Crippen molar-refractivity contribution in [3.05, 3.63) is 22.4 Å². The minimum absolute atomic E-state index is 0.599. The zero-order chi connectivity index (χ0) is 15.5. The number of likely N-dealkylation sites (tertiary alicyclic amines) is 2. The van der Waals surface area contributed by atoms with Crippen molar-refractivity contribution in [3.63, 3.8) is 0 Å². The van der Waals surface area contributed by atoms with Gasteiger partial charge in [-0.25, -0.2) is 0 Å². The fourth-order valence-electron chi connectivity index (χ4n) is 4.21. The van der Waals surface area contributed by atoms with Gasteiger partial charge < -0.3 is 10.2 Å². The van der Waals surface area contributed by atoms with E-state index in [1.165, 1.54) is 71.2 Å². The number of hydrogen-bond donors (Lipinski definition) is 1. The molecule has 1 saturated carbocycles. The van der Waals surface area contributed by atoms with E-state index in [0.717, 1.165) is 18.5 Å². The Hall–Kier alpha value is -0.420. The molecule has 0 unspecified atom stereocenters. The van der Waals surface area contributed by atoms with Crippen molar-refractivity contribution in [2.75, 3.05) is 39.3 Å². The second-order valence-electron chi connectivity index (χ2n) is 7.70. The molecule has 4 heteroatoms. The number of hydrogen-bond acceptors (Lipinski definition) is 4. The molecular formula is C19H31N3S. The van der Waals surface area contributed by atoms with Crippen molar-refractivity contribution in [2.24, 2.45) is 5.92 Å². The second-order valence-corrected chi connectivity index (χ2v) is 8.68. The van der Waals surface area contributed by atoms with Crippen LogP contribution in [0.15, 0.2) is 17.5 Å². The summed E-state index contributed by atoms with van der Waals surface area (Å²) >= 11 is 1.93. The van der Waals surface area contributed by atoms with Gasteiger partial charge in [-0.2, -0.15) is 0 Å². The molecule has 4 rings (SSSR count). The van der Waals surface area contributed by atoms with Crippen molar-refractivity contribution in [2.45, 2.75) is 50.6 Å². The second kappa shape index (κ2) is 7.64. The van der Waals surface area contributed by atoms with Gasteiger partial charge in [0, 0.05) is 24.0 Å². The molecule has 2 aliphatic heterocycles. The summed E-state index contributed by atoms with van der Waals surface area (Å²) in [6.45, 7) is 7.68. The van der Waals surface area contributed by atoms with Gasteiger partial charge in [-0.1, -0.05) is 6.07 Å². The Morgan fingerprint density at radius 2 is 1.87 bits per heavy atom. The average molecular weight is 334 g/mol. The summed E-state index contributed by atoms with van der Waals surface area (Å²) in [5.74, 6) is 1.04. The third-order valence-electron chi connectivity index (χ3n) is 5.85. The Morgan fingerprint density at radius 1 is 1.09 bits per heavy atom. The SMILES string of the molecule is c1csc([C@H](CNC2CCN(CC3CC3)CC2)N2CCCC2)c1. The zero-order valence-corrected chi connectivity index (χ0v) is 15.1. The molecular weight excluding hydrogens is 302 g/mol. The molecule has 0 aromatic carbocycles. The summed E-state index contributed by atoms with van der Waals surface area (Å²) in [7, 11) is 0. The van der Waals surface area contributed by atoms with Crippen molar-refractivity contribution in [1.29, 1.82) is 0 Å². The number of piperidine rings is 1. The van der Waals surface area contributed by atoms with Crippen LogP contribution in [-0.2, 0) is 0 Å². The van der Waals surface area contributed by atoms with E-state index in [1.807, 2.05) is 11.3 Å². The quantitative estimate of drug-likeness (QED) is 0.825. The summed E-state index contributed by atoms with van der Waals surface area (Å²) in [6, 6.07) is 5.87. The highest BCUT2D eigenvalue weighted by Crippen LogP contribution is 2.31. The number of nitrogens with zero attached hydrogens (tertiary/aromatic N) is 2. The maximum absolute atomic E-state index is 3.91. The van der Waals surface area contributed by atoms with Crippen molar-refractivity contribution in [3.8, 4) is 0 Å². The Labute approximate surface area is 145 Å². The third kappa shape index (κ3) is 4.36. The van der Waals surface area contributed by atoms with E-state index < -0.39 is 0 Å². The van der Waals surface area contributed by atoms with E-state index in [2.05, 4.69) is 32.6 Å². The first-order chi connectivity index (χ1) is 11.4. The van der Waals surface area contributed by atoms with Crippen LogP contribution in [0.25, 0.3) is 0 Å². The fraction of sp³-hybridized carbons (Fsp3) is 0.789. The van der Waals surface area contributed by atoms with Gasteiger partial charge in [-0.05, 0) is 82.1 Å². The molecule has 1 aromatic rings. The number of nitrogens with one attached hydrogen (secondary N) is 1. The molecule has 0 radical (unpaired) electrons. The summed E-state index contributed by atoms with van der Waals surface area (Å²) in [4.78, 5) is 6.94. The minimum atomic E-state index is 0.599. The fourth-order valence-corrected chi connectivity index (χ4v) is 5.07. The molecule has 2 saturated heterocycles. The first-order valence-corrected chi connectivity index (χ1v) is 10.5. The van der Waals surface area contributed by atoms with Gasteiger partial charge >= 0.3 is 0 Å². The molecule has 23 heavy (non-hydrogen) atoms. The molecule has 1 aromatic heterocycles. The van der Waals surface area contributed by atoms with Crippen LogP contribution in [0, 0.1) is 5.92 Å². The van der Waals surface area contributed by atoms with Crippen molar-refractivity contribution < 1.29 is 0 Å². The Morgan fingerprint density at radius 3 is 2.52 bits per heavy atom. The normalized spacial score (nSPS) is 25.9. The summed E-state index contributed by atoms with van der Waals surface area (Å²) in [6.07, 6.45) is 8.39. The van der Waals surface area contributed by atoms with Crippen molar-refractivity contribution in [1.82, 2.24) is 15.1 Å². The maximum atomic E-state index is 3.91. The highest BCUT2D eigenvalue weighted by Gasteiger charge is 2.28. The molecule has 3 aliphatic rings.